The van der Waals surface area contributed by atoms with Crippen molar-refractivity contribution in [3.63, 3.8) is 0 Å². The fourth-order valence-corrected chi connectivity index (χ4v) is 7.56. The first-order valence-electron chi connectivity index (χ1n) is 13.9. The highest BCUT2D eigenvalue weighted by atomic mass is 32.2. The lowest BCUT2D eigenvalue weighted by Crippen LogP contribution is -2.36. The number of hydrogen-bond donors (Lipinski definition) is 0. The summed E-state index contributed by atoms with van der Waals surface area (Å²) in [5.41, 5.74) is -15.2. The van der Waals surface area contributed by atoms with Crippen LogP contribution in [0.2, 0.25) is 0 Å². The second-order valence-electron chi connectivity index (χ2n) is 10.5. The highest BCUT2D eigenvalue weighted by Crippen LogP contribution is 2.42. The molecule has 0 atom stereocenters. The predicted octanol–water partition coefficient (Wildman–Crippen LogP) is 4.90. The molecule has 0 N–H and O–H groups in total. The summed E-state index contributed by atoms with van der Waals surface area (Å²) < 4.78 is 150. The topological polar surface area (TPSA) is 139 Å². The van der Waals surface area contributed by atoms with Gasteiger partial charge in [0.15, 0.2) is 11.6 Å². The molecule has 1 fully saturated rings. The molecular weight excluding hydrogens is 731 g/mol. The Morgan fingerprint density at radius 2 is 1.61 bits per heavy atom. The van der Waals surface area contributed by atoms with E-state index in [1.807, 2.05) is 0 Å². The van der Waals surface area contributed by atoms with Crippen LogP contribution >= 0.6 is 11.3 Å². The third-order valence-corrected chi connectivity index (χ3v) is 10.9. The average molecular weight is 753 g/mol. The molecule has 1 aliphatic heterocycles. The van der Waals surface area contributed by atoms with Crippen LogP contribution in [0.25, 0.3) is 32.6 Å². The van der Waals surface area contributed by atoms with Crippen LogP contribution in [0.3, 0.4) is 0 Å². The molecule has 4 heterocycles. The Morgan fingerprint density at radius 1 is 0.939 bits per heavy atom. The summed E-state index contributed by atoms with van der Waals surface area (Å²) in [5.74, 6) is -2.24. The zero-order chi connectivity index (χ0) is 35.5. The smallest absolute Gasteiger partial charge is 0.497 e. The number of ether oxygens (including phenoxy) is 2. The number of rotatable bonds is 8. The molecule has 0 aliphatic carbocycles. The molecule has 2 aromatic carbocycles. The van der Waals surface area contributed by atoms with Gasteiger partial charge in [-0.3, -0.25) is 9.36 Å². The van der Waals surface area contributed by atoms with Gasteiger partial charge in [0, 0.05) is 18.8 Å². The maximum absolute atomic E-state index is 14.3. The number of hydrogen-bond acceptors (Lipinski definition) is 11. The van der Waals surface area contributed by atoms with Gasteiger partial charge >= 0.3 is 31.2 Å². The minimum Gasteiger partial charge on any atom is -0.497 e. The van der Waals surface area contributed by atoms with Crippen molar-refractivity contribution in [1.29, 1.82) is 0 Å². The normalized spacial score (nSPS) is 14.9. The van der Waals surface area contributed by atoms with Crippen LogP contribution in [-0.4, -0.2) is 74.8 Å². The molecule has 0 saturated carbocycles. The van der Waals surface area contributed by atoms with Gasteiger partial charge in [-0.15, -0.1) is 11.3 Å². The lowest BCUT2D eigenvalue weighted by atomic mass is 10.1. The van der Waals surface area contributed by atoms with Crippen molar-refractivity contribution in [2.75, 3.05) is 38.3 Å². The van der Waals surface area contributed by atoms with Crippen molar-refractivity contribution in [2.45, 2.75) is 17.6 Å². The standard InChI is InChI=1S/C28H22F6N4O8S3/c1-44-18-5-2-16(3-6-18)15-37-25(39)22(23(19-8-13-47-26(19)37)46-49(42,43)28(32,33)34)24-35-20-7-4-17(36-9-11-45-12-10-36)14-21(20)38(24)48(40,41)27(29,30)31/h2-8,13-14H,9-12,15H2,1H3. The summed E-state index contributed by atoms with van der Waals surface area (Å²) in [5, 5.41) is 0.827. The number of alkyl halides is 6. The SMILES string of the molecule is COc1ccc(Cn2c(=O)c(-c3nc4ccc(N5CCOCC5)cc4n3S(=O)(=O)C(F)(F)F)c(OS(=O)(=O)C(F)(F)F)c3ccsc32)cc1. The Morgan fingerprint density at radius 3 is 2.22 bits per heavy atom. The quantitative estimate of drug-likeness (QED) is 0.122. The van der Waals surface area contributed by atoms with Crippen LogP contribution in [0.5, 0.6) is 11.5 Å². The van der Waals surface area contributed by atoms with E-state index in [0.29, 0.717) is 11.3 Å². The largest absolute Gasteiger partial charge is 0.534 e. The van der Waals surface area contributed by atoms with E-state index >= 15 is 0 Å². The monoisotopic (exact) mass is 752 g/mol. The summed E-state index contributed by atoms with van der Waals surface area (Å²) in [6, 6.07) is 10.8. The number of methoxy groups -OCH3 is 1. The van der Waals surface area contributed by atoms with E-state index < -0.39 is 70.3 Å². The Balaban J connectivity index is 1.71. The fourth-order valence-electron chi connectivity index (χ4n) is 5.21. The van der Waals surface area contributed by atoms with Gasteiger partial charge in [0.2, 0.25) is 0 Å². The van der Waals surface area contributed by atoms with Crippen LogP contribution in [0.15, 0.2) is 58.7 Å². The zero-order valence-corrected chi connectivity index (χ0v) is 27.2. The Labute approximate surface area is 276 Å². The van der Waals surface area contributed by atoms with Gasteiger partial charge < -0.3 is 18.6 Å². The zero-order valence-electron chi connectivity index (χ0n) is 24.8. The first-order valence-corrected chi connectivity index (χ1v) is 17.6. The number of aromatic nitrogens is 3. The molecule has 3 aromatic heterocycles. The van der Waals surface area contributed by atoms with Crippen molar-refractivity contribution in [3.05, 3.63) is 69.8 Å². The van der Waals surface area contributed by atoms with Gasteiger partial charge in [-0.1, -0.05) is 12.1 Å². The number of thiophene rings is 1. The number of pyridine rings is 1. The summed E-state index contributed by atoms with van der Waals surface area (Å²) in [6.45, 7) is 0.748. The maximum Gasteiger partial charge on any atom is 0.534 e. The van der Waals surface area contributed by atoms with Gasteiger partial charge in [0.1, 0.15) is 16.1 Å². The first kappa shape index (κ1) is 34.5. The second-order valence-corrected chi connectivity index (χ2v) is 14.7. The molecule has 0 unspecified atom stereocenters. The number of fused-ring (bicyclic) bond motifs is 2. The van der Waals surface area contributed by atoms with E-state index in [1.54, 1.807) is 4.90 Å². The molecule has 0 radical (unpaired) electrons. The molecule has 6 rings (SSSR count). The first-order chi connectivity index (χ1) is 22.9. The van der Waals surface area contributed by atoms with E-state index in [2.05, 4.69) is 9.17 Å². The fraction of sp³-hybridized carbons (Fsp3) is 0.286. The molecular formula is C28H22F6N4O8S3. The van der Waals surface area contributed by atoms with Crippen molar-refractivity contribution in [2.24, 2.45) is 0 Å². The van der Waals surface area contributed by atoms with Crippen molar-refractivity contribution in [1.82, 2.24) is 13.5 Å². The van der Waals surface area contributed by atoms with Crippen LogP contribution in [0, 0.1) is 0 Å². The van der Waals surface area contributed by atoms with E-state index in [0.717, 1.165) is 34.1 Å². The van der Waals surface area contributed by atoms with E-state index in [9.17, 15) is 48.0 Å². The Bertz CT molecular complexity index is 2340. The van der Waals surface area contributed by atoms with Gasteiger partial charge in [0.25, 0.3) is 5.56 Å². The molecule has 49 heavy (non-hydrogen) atoms. The Kier molecular flexibility index (Phi) is 8.60. The summed E-state index contributed by atoms with van der Waals surface area (Å²) in [4.78, 5) is 19.9. The highest BCUT2D eigenvalue weighted by molar-refractivity contribution is 7.91. The molecule has 1 saturated heterocycles. The van der Waals surface area contributed by atoms with Crippen LogP contribution in [-0.2, 0) is 31.4 Å². The summed E-state index contributed by atoms with van der Waals surface area (Å²) in [6.07, 6.45) is 0. The minimum absolute atomic E-state index is 0.132. The molecule has 5 aromatic rings. The predicted molar refractivity (Wildman–Crippen MR) is 166 cm³/mol. The van der Waals surface area contributed by atoms with Crippen LogP contribution < -0.4 is 19.4 Å². The van der Waals surface area contributed by atoms with E-state index in [1.165, 1.54) is 42.8 Å². The van der Waals surface area contributed by atoms with Gasteiger partial charge in [-0.2, -0.15) is 43.2 Å². The molecule has 1 aliphatic rings. The Hall–Kier alpha value is -4.34. The number of imidazole rings is 1. The highest BCUT2D eigenvalue weighted by Gasteiger charge is 2.51. The number of nitrogens with zero attached hydrogens (tertiary/aromatic N) is 4. The van der Waals surface area contributed by atoms with Crippen molar-refractivity contribution >= 4 is 58.4 Å². The molecule has 21 heteroatoms. The average Bonchev–Trinajstić information content (AvgIpc) is 3.68. The van der Waals surface area contributed by atoms with Crippen LogP contribution in [0.4, 0.5) is 32.0 Å². The third-order valence-electron chi connectivity index (χ3n) is 7.53. The number of morpholine rings is 1. The molecule has 0 amide bonds. The molecule has 262 valence electrons. The van der Waals surface area contributed by atoms with E-state index in [4.69, 9.17) is 9.47 Å². The lowest BCUT2D eigenvalue weighted by molar-refractivity contribution is -0.0499. The van der Waals surface area contributed by atoms with Gasteiger partial charge in [0.05, 0.1) is 43.3 Å². The number of anilines is 1. The van der Waals surface area contributed by atoms with Crippen molar-refractivity contribution in [3.8, 4) is 22.9 Å². The minimum atomic E-state index is -6.56. The summed E-state index contributed by atoms with van der Waals surface area (Å²) in [7, 11) is -11.6. The van der Waals surface area contributed by atoms with Crippen molar-refractivity contribution < 1.29 is 56.8 Å². The second kappa shape index (κ2) is 12.2. The maximum atomic E-state index is 14.3. The third kappa shape index (κ3) is 6.08. The lowest BCUT2D eigenvalue weighted by Gasteiger charge is -2.28. The summed E-state index contributed by atoms with van der Waals surface area (Å²) >= 11 is 0.784. The van der Waals surface area contributed by atoms with E-state index in [-0.39, 0.29) is 47.3 Å². The van der Waals surface area contributed by atoms with Gasteiger partial charge in [-0.25, -0.2) is 8.96 Å². The molecule has 0 bridgehead atoms. The molecule has 0 spiro atoms. The van der Waals surface area contributed by atoms with Crippen LogP contribution in [0.1, 0.15) is 5.56 Å². The number of benzene rings is 2. The number of halogens is 6. The molecule has 12 nitrogen and oxygen atoms in total. The van der Waals surface area contributed by atoms with Gasteiger partial charge in [-0.05, 0) is 47.3 Å².